The molecule has 1 heterocycles. The second-order valence-electron chi connectivity index (χ2n) is 4.95. The Kier molecular flexibility index (Phi) is 2.83. The number of benzene rings is 1. The molecule has 0 aromatic heterocycles. The van der Waals surface area contributed by atoms with Crippen molar-refractivity contribution in [2.45, 2.75) is 38.1 Å². The average molecular weight is 216 g/mol. The minimum absolute atomic E-state index is 0.850. The minimum atomic E-state index is 0.850. The highest BCUT2D eigenvalue weighted by molar-refractivity contribution is 5.58. The van der Waals surface area contributed by atoms with Crippen molar-refractivity contribution in [1.29, 1.82) is 0 Å². The number of hydrogen-bond acceptors (Lipinski definition) is 2. The maximum absolute atomic E-state index is 3.58. The van der Waals surface area contributed by atoms with Crippen LogP contribution in [0.2, 0.25) is 0 Å². The van der Waals surface area contributed by atoms with Crippen molar-refractivity contribution in [1.82, 2.24) is 5.32 Å². The van der Waals surface area contributed by atoms with Crippen LogP contribution in [-0.2, 0) is 12.8 Å². The molecule has 0 bridgehead atoms. The van der Waals surface area contributed by atoms with E-state index in [4.69, 9.17) is 0 Å². The van der Waals surface area contributed by atoms with Crippen molar-refractivity contribution in [3.8, 4) is 0 Å². The van der Waals surface area contributed by atoms with Gasteiger partial charge < -0.3 is 10.6 Å². The molecule has 86 valence electrons. The Bertz CT molecular complexity index is 369. The first kappa shape index (κ1) is 10.2. The number of aryl methyl sites for hydroxylation is 1. The van der Waals surface area contributed by atoms with E-state index < -0.39 is 0 Å². The fourth-order valence-corrected chi connectivity index (χ4v) is 2.52. The molecule has 16 heavy (non-hydrogen) atoms. The molecule has 0 amide bonds. The van der Waals surface area contributed by atoms with Gasteiger partial charge in [-0.3, -0.25) is 0 Å². The first-order chi connectivity index (χ1) is 7.93. The van der Waals surface area contributed by atoms with Crippen molar-refractivity contribution in [2.75, 3.05) is 18.4 Å². The van der Waals surface area contributed by atoms with E-state index in [0.29, 0.717) is 0 Å². The SMILES string of the molecule is c1cc(CCCNC2CC2)c2c(c1)NCC2. The zero-order valence-corrected chi connectivity index (χ0v) is 9.76. The molecule has 2 aliphatic rings. The largest absolute Gasteiger partial charge is 0.384 e. The zero-order chi connectivity index (χ0) is 10.8. The summed E-state index contributed by atoms with van der Waals surface area (Å²) in [5.41, 5.74) is 4.49. The van der Waals surface area contributed by atoms with Crippen LogP contribution in [0, 0.1) is 0 Å². The molecule has 0 unspecified atom stereocenters. The van der Waals surface area contributed by atoms with Crippen LogP contribution < -0.4 is 10.6 Å². The van der Waals surface area contributed by atoms with Gasteiger partial charge in [-0.15, -0.1) is 0 Å². The molecule has 0 radical (unpaired) electrons. The molecule has 0 spiro atoms. The number of hydrogen-bond donors (Lipinski definition) is 2. The van der Waals surface area contributed by atoms with Crippen LogP contribution >= 0.6 is 0 Å². The van der Waals surface area contributed by atoms with Crippen LogP contribution in [0.5, 0.6) is 0 Å². The van der Waals surface area contributed by atoms with Gasteiger partial charge in [0, 0.05) is 18.3 Å². The molecule has 1 aromatic rings. The van der Waals surface area contributed by atoms with E-state index in [-0.39, 0.29) is 0 Å². The highest BCUT2D eigenvalue weighted by atomic mass is 14.9. The van der Waals surface area contributed by atoms with Crippen molar-refractivity contribution in [3.05, 3.63) is 29.3 Å². The Hall–Kier alpha value is -1.02. The summed E-state index contributed by atoms with van der Waals surface area (Å²) >= 11 is 0. The molecule has 0 saturated heterocycles. The predicted octanol–water partition coefficient (Wildman–Crippen LogP) is 2.34. The normalized spacial score (nSPS) is 18.2. The Balaban J connectivity index is 1.55. The lowest BCUT2D eigenvalue weighted by molar-refractivity contribution is 0.644. The molecule has 1 aromatic carbocycles. The van der Waals surface area contributed by atoms with Crippen LogP contribution in [0.3, 0.4) is 0 Å². The van der Waals surface area contributed by atoms with Gasteiger partial charge in [-0.25, -0.2) is 0 Å². The third kappa shape index (κ3) is 2.22. The Morgan fingerprint density at radius 3 is 3.12 bits per heavy atom. The quantitative estimate of drug-likeness (QED) is 0.738. The molecule has 0 atom stereocenters. The lowest BCUT2D eigenvalue weighted by atomic mass is 10.0. The van der Waals surface area contributed by atoms with Gasteiger partial charge in [-0.2, -0.15) is 0 Å². The highest BCUT2D eigenvalue weighted by Gasteiger charge is 2.19. The standard InChI is InChI=1S/C14H20N2/c1-3-11(4-2-9-15-12-6-7-12)13-8-10-16-14(13)5-1/h1,3,5,12,15-16H,2,4,6-10H2. The van der Waals surface area contributed by atoms with Crippen molar-refractivity contribution in [2.24, 2.45) is 0 Å². The Morgan fingerprint density at radius 2 is 2.25 bits per heavy atom. The van der Waals surface area contributed by atoms with E-state index in [0.717, 1.165) is 12.6 Å². The molecule has 3 rings (SSSR count). The van der Waals surface area contributed by atoms with Gasteiger partial charge in [0.15, 0.2) is 0 Å². The van der Waals surface area contributed by atoms with Crippen molar-refractivity contribution in [3.63, 3.8) is 0 Å². The number of fused-ring (bicyclic) bond motifs is 1. The smallest absolute Gasteiger partial charge is 0.0376 e. The van der Waals surface area contributed by atoms with Crippen LogP contribution in [0.4, 0.5) is 5.69 Å². The maximum Gasteiger partial charge on any atom is 0.0376 e. The van der Waals surface area contributed by atoms with E-state index in [1.165, 1.54) is 44.3 Å². The third-order valence-corrected chi connectivity index (χ3v) is 3.60. The van der Waals surface area contributed by atoms with Gasteiger partial charge in [0.2, 0.25) is 0 Å². The lowest BCUT2D eigenvalue weighted by Gasteiger charge is -2.08. The summed E-state index contributed by atoms with van der Waals surface area (Å²) in [4.78, 5) is 0. The molecule has 1 fully saturated rings. The Morgan fingerprint density at radius 1 is 1.31 bits per heavy atom. The molecule has 1 aliphatic heterocycles. The van der Waals surface area contributed by atoms with Crippen molar-refractivity contribution < 1.29 is 0 Å². The molecular weight excluding hydrogens is 196 g/mol. The van der Waals surface area contributed by atoms with E-state index in [2.05, 4.69) is 28.8 Å². The fraction of sp³-hybridized carbons (Fsp3) is 0.571. The number of nitrogens with one attached hydrogen (secondary N) is 2. The number of anilines is 1. The summed E-state index contributed by atoms with van der Waals surface area (Å²) in [7, 11) is 0. The minimum Gasteiger partial charge on any atom is -0.384 e. The van der Waals surface area contributed by atoms with Gasteiger partial charge >= 0.3 is 0 Å². The van der Waals surface area contributed by atoms with Crippen molar-refractivity contribution >= 4 is 5.69 Å². The third-order valence-electron chi connectivity index (χ3n) is 3.60. The molecular formula is C14H20N2. The summed E-state index contributed by atoms with van der Waals surface area (Å²) in [6.45, 7) is 2.30. The molecule has 2 N–H and O–H groups in total. The number of rotatable bonds is 5. The van der Waals surface area contributed by atoms with Gasteiger partial charge in [-0.05, 0) is 55.8 Å². The van der Waals surface area contributed by atoms with Crippen LogP contribution in [0.15, 0.2) is 18.2 Å². The van der Waals surface area contributed by atoms with E-state index >= 15 is 0 Å². The molecule has 1 saturated carbocycles. The Labute approximate surface area is 97.4 Å². The molecule has 2 nitrogen and oxygen atoms in total. The summed E-state index contributed by atoms with van der Waals surface area (Å²) in [5, 5.41) is 7.02. The lowest BCUT2D eigenvalue weighted by Crippen LogP contribution is -2.18. The topological polar surface area (TPSA) is 24.1 Å². The van der Waals surface area contributed by atoms with Gasteiger partial charge in [-0.1, -0.05) is 12.1 Å². The zero-order valence-electron chi connectivity index (χ0n) is 9.76. The first-order valence-electron chi connectivity index (χ1n) is 6.51. The fourth-order valence-electron chi connectivity index (χ4n) is 2.52. The maximum atomic E-state index is 3.58. The van der Waals surface area contributed by atoms with E-state index in [1.54, 1.807) is 11.1 Å². The van der Waals surface area contributed by atoms with Gasteiger partial charge in [0.1, 0.15) is 0 Å². The van der Waals surface area contributed by atoms with E-state index in [1.807, 2.05) is 0 Å². The summed E-state index contributed by atoms with van der Waals surface area (Å²) in [5.74, 6) is 0. The van der Waals surface area contributed by atoms with Crippen LogP contribution in [-0.4, -0.2) is 19.1 Å². The van der Waals surface area contributed by atoms with Crippen LogP contribution in [0.1, 0.15) is 30.4 Å². The molecule has 1 aliphatic carbocycles. The monoisotopic (exact) mass is 216 g/mol. The second kappa shape index (κ2) is 4.46. The predicted molar refractivity (Wildman–Crippen MR) is 68.0 cm³/mol. The molecule has 2 heteroatoms. The second-order valence-corrected chi connectivity index (χ2v) is 4.95. The van der Waals surface area contributed by atoms with Gasteiger partial charge in [0.25, 0.3) is 0 Å². The highest BCUT2D eigenvalue weighted by Crippen LogP contribution is 2.26. The summed E-state index contributed by atoms with van der Waals surface area (Å²) in [6, 6.07) is 7.53. The summed E-state index contributed by atoms with van der Waals surface area (Å²) < 4.78 is 0. The average Bonchev–Trinajstić information content (AvgIpc) is 3.00. The van der Waals surface area contributed by atoms with Crippen LogP contribution in [0.25, 0.3) is 0 Å². The van der Waals surface area contributed by atoms with E-state index in [9.17, 15) is 0 Å². The van der Waals surface area contributed by atoms with Gasteiger partial charge in [0.05, 0.1) is 0 Å². The first-order valence-corrected chi connectivity index (χ1v) is 6.51. The summed E-state index contributed by atoms with van der Waals surface area (Å²) in [6.07, 6.45) is 6.49.